The quantitative estimate of drug-likeness (QED) is 0.761. The molecule has 0 saturated carbocycles. The third-order valence-corrected chi connectivity index (χ3v) is 3.70. The van der Waals surface area contributed by atoms with E-state index in [0.29, 0.717) is 5.02 Å². The lowest BCUT2D eigenvalue weighted by Crippen LogP contribution is -2.07. The average Bonchev–Trinajstić information content (AvgIpc) is 2.42. The molecule has 0 bridgehead atoms. The summed E-state index contributed by atoms with van der Waals surface area (Å²) in [5.74, 6) is 2.65. The highest BCUT2D eigenvalue weighted by Gasteiger charge is 2.09. The van der Waals surface area contributed by atoms with Crippen molar-refractivity contribution in [2.24, 2.45) is 0 Å². The molecule has 0 amide bonds. The van der Waals surface area contributed by atoms with E-state index >= 15 is 0 Å². The first-order valence-electron chi connectivity index (χ1n) is 6.84. The van der Waals surface area contributed by atoms with Crippen LogP contribution in [0.15, 0.2) is 28.7 Å². The molecule has 2 aromatic rings. The Labute approximate surface area is 138 Å². The molecule has 0 saturated heterocycles. The molecule has 0 aliphatic heterocycles. The molecule has 0 spiro atoms. The molecule has 4 nitrogen and oxygen atoms in total. The molecule has 1 aromatic carbocycles. The van der Waals surface area contributed by atoms with Gasteiger partial charge in [0.05, 0.1) is 5.69 Å². The van der Waals surface area contributed by atoms with E-state index in [0.717, 1.165) is 34.2 Å². The SMILES string of the molecule is CCNc1cc(Nc2ccc(Cl)cc2Br)nc(C(C)C)n1. The number of nitrogens with zero attached hydrogens (tertiary/aromatic N) is 2. The van der Waals surface area contributed by atoms with Crippen molar-refractivity contribution < 1.29 is 0 Å². The lowest BCUT2D eigenvalue weighted by Gasteiger charge is -2.13. The van der Waals surface area contributed by atoms with Crippen molar-refractivity contribution in [3.63, 3.8) is 0 Å². The molecule has 112 valence electrons. The molecular formula is C15H18BrClN4. The Morgan fingerprint density at radius 3 is 2.52 bits per heavy atom. The Morgan fingerprint density at radius 2 is 1.90 bits per heavy atom. The van der Waals surface area contributed by atoms with E-state index in [-0.39, 0.29) is 5.92 Å². The summed E-state index contributed by atoms with van der Waals surface area (Å²) in [4.78, 5) is 9.06. The van der Waals surface area contributed by atoms with Gasteiger partial charge in [0.1, 0.15) is 17.5 Å². The number of nitrogens with one attached hydrogen (secondary N) is 2. The Bertz CT molecular complexity index is 631. The van der Waals surface area contributed by atoms with Crippen LogP contribution >= 0.6 is 27.5 Å². The molecule has 0 aliphatic rings. The maximum atomic E-state index is 5.96. The van der Waals surface area contributed by atoms with Crippen LogP contribution in [0.4, 0.5) is 17.3 Å². The van der Waals surface area contributed by atoms with Gasteiger partial charge in [-0.05, 0) is 41.1 Å². The van der Waals surface area contributed by atoms with Crippen molar-refractivity contribution in [2.75, 3.05) is 17.2 Å². The van der Waals surface area contributed by atoms with Gasteiger partial charge in [-0.1, -0.05) is 25.4 Å². The number of hydrogen-bond donors (Lipinski definition) is 2. The maximum absolute atomic E-state index is 5.96. The van der Waals surface area contributed by atoms with Crippen LogP contribution in [0.2, 0.25) is 5.02 Å². The van der Waals surface area contributed by atoms with Crippen LogP contribution in [0.1, 0.15) is 32.5 Å². The van der Waals surface area contributed by atoms with Gasteiger partial charge in [0.15, 0.2) is 0 Å². The molecule has 1 aromatic heterocycles. The van der Waals surface area contributed by atoms with Gasteiger partial charge in [0, 0.05) is 28.0 Å². The first-order valence-corrected chi connectivity index (χ1v) is 8.01. The van der Waals surface area contributed by atoms with Gasteiger partial charge >= 0.3 is 0 Å². The summed E-state index contributed by atoms with van der Waals surface area (Å²) in [7, 11) is 0. The third kappa shape index (κ3) is 4.32. The van der Waals surface area contributed by atoms with Gasteiger partial charge in [-0.25, -0.2) is 9.97 Å². The van der Waals surface area contributed by atoms with Gasteiger partial charge in [-0.2, -0.15) is 0 Å². The number of halogens is 2. The number of benzene rings is 1. The minimum atomic E-state index is 0.262. The summed E-state index contributed by atoms with van der Waals surface area (Å²) in [5, 5.41) is 7.21. The predicted octanol–water partition coefficient (Wildman–Crippen LogP) is 5.19. The normalized spacial score (nSPS) is 10.8. The summed E-state index contributed by atoms with van der Waals surface area (Å²) >= 11 is 9.46. The topological polar surface area (TPSA) is 49.8 Å². The largest absolute Gasteiger partial charge is 0.370 e. The fraction of sp³-hybridized carbons (Fsp3) is 0.333. The van der Waals surface area contributed by atoms with Crippen molar-refractivity contribution in [1.29, 1.82) is 0 Å². The van der Waals surface area contributed by atoms with Crippen molar-refractivity contribution in [2.45, 2.75) is 26.7 Å². The van der Waals surface area contributed by atoms with Crippen LogP contribution < -0.4 is 10.6 Å². The lowest BCUT2D eigenvalue weighted by atomic mass is 10.2. The van der Waals surface area contributed by atoms with E-state index in [4.69, 9.17) is 11.6 Å². The van der Waals surface area contributed by atoms with E-state index in [1.807, 2.05) is 31.2 Å². The molecule has 21 heavy (non-hydrogen) atoms. The van der Waals surface area contributed by atoms with Crippen LogP contribution in [0.25, 0.3) is 0 Å². The van der Waals surface area contributed by atoms with E-state index < -0.39 is 0 Å². The second kappa shape index (κ2) is 7.09. The van der Waals surface area contributed by atoms with E-state index in [1.54, 1.807) is 0 Å². The zero-order valence-corrected chi connectivity index (χ0v) is 14.6. The smallest absolute Gasteiger partial charge is 0.136 e. The van der Waals surface area contributed by atoms with Crippen LogP contribution in [0.3, 0.4) is 0 Å². The summed E-state index contributed by atoms with van der Waals surface area (Å²) in [5.41, 5.74) is 0.912. The van der Waals surface area contributed by atoms with Gasteiger partial charge in [0.2, 0.25) is 0 Å². The van der Waals surface area contributed by atoms with Crippen molar-refractivity contribution in [3.05, 3.63) is 39.6 Å². The molecule has 6 heteroatoms. The standard InChI is InChI=1S/C15H18BrClN4/c1-4-18-13-8-14(21-15(20-13)9(2)3)19-12-6-5-10(17)7-11(12)16/h5-9H,4H2,1-3H3,(H2,18,19,20,21). The number of aromatic nitrogens is 2. The number of hydrogen-bond acceptors (Lipinski definition) is 4. The van der Waals surface area contributed by atoms with E-state index in [2.05, 4.69) is 50.4 Å². The van der Waals surface area contributed by atoms with Gasteiger partial charge in [-0.15, -0.1) is 0 Å². The monoisotopic (exact) mass is 368 g/mol. The van der Waals surface area contributed by atoms with Crippen molar-refractivity contribution >= 4 is 44.9 Å². The zero-order chi connectivity index (χ0) is 15.4. The number of anilines is 3. The zero-order valence-electron chi connectivity index (χ0n) is 12.2. The first-order chi connectivity index (χ1) is 9.99. The van der Waals surface area contributed by atoms with Crippen molar-refractivity contribution in [3.8, 4) is 0 Å². The summed E-state index contributed by atoms with van der Waals surface area (Å²) in [6.45, 7) is 7.01. The Hall–Kier alpha value is -1.33. The molecule has 0 radical (unpaired) electrons. The Kier molecular flexibility index (Phi) is 5.42. The summed E-state index contributed by atoms with van der Waals surface area (Å²) in [6.07, 6.45) is 0. The van der Waals surface area contributed by atoms with Gasteiger partial charge < -0.3 is 10.6 Å². The lowest BCUT2D eigenvalue weighted by molar-refractivity contribution is 0.777. The highest BCUT2D eigenvalue weighted by atomic mass is 79.9. The van der Waals surface area contributed by atoms with E-state index in [1.165, 1.54) is 0 Å². The van der Waals surface area contributed by atoms with E-state index in [9.17, 15) is 0 Å². The second-order valence-corrected chi connectivity index (χ2v) is 6.22. The summed E-state index contributed by atoms with van der Waals surface area (Å²) < 4.78 is 0.893. The molecule has 2 N–H and O–H groups in total. The molecular weight excluding hydrogens is 352 g/mol. The first kappa shape index (κ1) is 16.0. The van der Waals surface area contributed by atoms with Crippen LogP contribution in [-0.4, -0.2) is 16.5 Å². The molecule has 0 unspecified atom stereocenters. The fourth-order valence-electron chi connectivity index (χ4n) is 1.79. The Morgan fingerprint density at radius 1 is 1.19 bits per heavy atom. The molecule has 0 fully saturated rings. The van der Waals surface area contributed by atoms with Gasteiger partial charge in [0.25, 0.3) is 0 Å². The minimum Gasteiger partial charge on any atom is -0.370 e. The molecule has 0 aliphatic carbocycles. The average molecular weight is 370 g/mol. The molecule has 2 rings (SSSR count). The van der Waals surface area contributed by atoms with Crippen LogP contribution in [-0.2, 0) is 0 Å². The summed E-state index contributed by atoms with van der Waals surface area (Å²) in [6, 6.07) is 7.50. The van der Waals surface area contributed by atoms with Crippen LogP contribution in [0, 0.1) is 0 Å². The van der Waals surface area contributed by atoms with Gasteiger partial charge in [-0.3, -0.25) is 0 Å². The molecule has 0 atom stereocenters. The third-order valence-electron chi connectivity index (χ3n) is 2.81. The maximum Gasteiger partial charge on any atom is 0.136 e. The molecule has 1 heterocycles. The highest BCUT2D eigenvalue weighted by Crippen LogP contribution is 2.29. The number of rotatable bonds is 5. The predicted molar refractivity (Wildman–Crippen MR) is 92.7 cm³/mol. The second-order valence-electron chi connectivity index (χ2n) is 4.93. The highest BCUT2D eigenvalue weighted by molar-refractivity contribution is 9.10. The van der Waals surface area contributed by atoms with Crippen LogP contribution in [0.5, 0.6) is 0 Å². The minimum absolute atomic E-state index is 0.262. The fourth-order valence-corrected chi connectivity index (χ4v) is 2.57. The van der Waals surface area contributed by atoms with Crippen molar-refractivity contribution in [1.82, 2.24) is 9.97 Å². The Balaban J connectivity index is 2.33.